The van der Waals surface area contributed by atoms with Crippen LogP contribution in [0.4, 0.5) is 5.69 Å². The Morgan fingerprint density at radius 1 is 1.00 bits per heavy atom. The first-order valence-electron chi connectivity index (χ1n) is 8.41. The Balaban J connectivity index is 1.71. The van der Waals surface area contributed by atoms with Crippen LogP contribution in [0, 0.1) is 13.8 Å². The lowest BCUT2D eigenvalue weighted by Gasteiger charge is -2.37. The van der Waals surface area contributed by atoms with E-state index in [1.165, 1.54) is 16.8 Å². The van der Waals surface area contributed by atoms with E-state index in [9.17, 15) is 9.90 Å². The highest BCUT2D eigenvalue weighted by Gasteiger charge is 2.24. The van der Waals surface area contributed by atoms with Crippen LogP contribution in [0.3, 0.4) is 0 Å². The molecule has 1 saturated heterocycles. The predicted octanol–water partition coefficient (Wildman–Crippen LogP) is 2.76. The Morgan fingerprint density at radius 2 is 1.71 bits per heavy atom. The van der Waals surface area contributed by atoms with E-state index in [2.05, 4.69) is 36.9 Å². The minimum atomic E-state index is -0.107. The molecule has 0 aromatic heterocycles. The molecular weight excluding hydrogens is 300 g/mol. The standard InChI is InChI=1S/C20H24N2O2/c1-15-6-5-9-19(16(15)2)21-10-12-22(13-11-21)20(24)18-8-4-3-7-17(18)14-23/h3-9,23H,10-14H2,1-2H3. The van der Waals surface area contributed by atoms with E-state index in [1.807, 2.05) is 17.0 Å². The van der Waals surface area contributed by atoms with Crippen LogP contribution in [0.25, 0.3) is 0 Å². The fraction of sp³-hybridized carbons (Fsp3) is 0.350. The number of benzene rings is 2. The molecule has 4 nitrogen and oxygen atoms in total. The van der Waals surface area contributed by atoms with Gasteiger partial charge >= 0.3 is 0 Å². The van der Waals surface area contributed by atoms with Crippen LogP contribution in [-0.2, 0) is 6.61 Å². The summed E-state index contributed by atoms with van der Waals surface area (Å²) in [5.74, 6) is 0.0141. The van der Waals surface area contributed by atoms with Crippen LogP contribution in [0.2, 0.25) is 0 Å². The van der Waals surface area contributed by atoms with Crippen molar-refractivity contribution in [2.24, 2.45) is 0 Å². The van der Waals surface area contributed by atoms with Crippen molar-refractivity contribution in [3.63, 3.8) is 0 Å². The Labute approximate surface area is 143 Å². The molecule has 1 amide bonds. The van der Waals surface area contributed by atoms with Gasteiger partial charge in [0.1, 0.15) is 0 Å². The normalized spacial score (nSPS) is 14.8. The fourth-order valence-corrected chi connectivity index (χ4v) is 3.27. The molecule has 0 bridgehead atoms. The Bertz CT molecular complexity index is 734. The third kappa shape index (κ3) is 3.15. The Kier molecular flexibility index (Phi) is 4.86. The average molecular weight is 324 g/mol. The van der Waals surface area contributed by atoms with Gasteiger partial charge < -0.3 is 14.9 Å². The lowest BCUT2D eigenvalue weighted by atomic mass is 10.1. The van der Waals surface area contributed by atoms with Crippen LogP contribution in [0.5, 0.6) is 0 Å². The van der Waals surface area contributed by atoms with E-state index in [0.29, 0.717) is 24.2 Å². The van der Waals surface area contributed by atoms with Gasteiger partial charge in [0, 0.05) is 37.4 Å². The minimum absolute atomic E-state index is 0.0141. The van der Waals surface area contributed by atoms with Crippen molar-refractivity contribution in [1.29, 1.82) is 0 Å². The molecule has 2 aromatic carbocycles. The van der Waals surface area contributed by atoms with Gasteiger partial charge in [0.2, 0.25) is 0 Å². The number of aliphatic hydroxyl groups excluding tert-OH is 1. The smallest absolute Gasteiger partial charge is 0.254 e. The molecule has 1 fully saturated rings. The van der Waals surface area contributed by atoms with Crippen molar-refractivity contribution in [3.8, 4) is 0 Å². The van der Waals surface area contributed by atoms with Gasteiger partial charge in [-0.1, -0.05) is 30.3 Å². The average Bonchev–Trinajstić information content (AvgIpc) is 2.63. The molecule has 24 heavy (non-hydrogen) atoms. The number of amides is 1. The summed E-state index contributed by atoms with van der Waals surface area (Å²) in [6, 6.07) is 13.7. The highest BCUT2D eigenvalue weighted by molar-refractivity contribution is 5.95. The van der Waals surface area contributed by atoms with Crippen LogP contribution in [0.1, 0.15) is 27.0 Å². The summed E-state index contributed by atoms with van der Waals surface area (Å²) in [6.07, 6.45) is 0. The van der Waals surface area contributed by atoms with Gasteiger partial charge in [-0.05, 0) is 42.7 Å². The van der Waals surface area contributed by atoms with Gasteiger partial charge in [0.25, 0.3) is 5.91 Å². The summed E-state index contributed by atoms with van der Waals surface area (Å²) in [7, 11) is 0. The number of piperazine rings is 1. The maximum absolute atomic E-state index is 12.7. The second-order valence-corrected chi connectivity index (χ2v) is 6.31. The van der Waals surface area contributed by atoms with Crippen LogP contribution < -0.4 is 4.90 Å². The highest BCUT2D eigenvalue weighted by Crippen LogP contribution is 2.24. The van der Waals surface area contributed by atoms with Gasteiger partial charge in [-0.15, -0.1) is 0 Å². The topological polar surface area (TPSA) is 43.8 Å². The van der Waals surface area contributed by atoms with Gasteiger partial charge in [-0.3, -0.25) is 4.79 Å². The summed E-state index contributed by atoms with van der Waals surface area (Å²) in [5, 5.41) is 9.43. The number of hydrogen-bond donors (Lipinski definition) is 1. The first kappa shape index (κ1) is 16.5. The maximum atomic E-state index is 12.7. The quantitative estimate of drug-likeness (QED) is 0.944. The zero-order valence-electron chi connectivity index (χ0n) is 14.3. The molecule has 0 atom stereocenters. The molecular formula is C20H24N2O2. The molecule has 126 valence electrons. The predicted molar refractivity (Wildman–Crippen MR) is 96.4 cm³/mol. The van der Waals surface area contributed by atoms with Crippen molar-refractivity contribution in [2.75, 3.05) is 31.1 Å². The largest absolute Gasteiger partial charge is 0.392 e. The van der Waals surface area contributed by atoms with E-state index < -0.39 is 0 Å². The third-order valence-corrected chi connectivity index (χ3v) is 4.90. The van der Waals surface area contributed by atoms with E-state index in [0.717, 1.165) is 13.1 Å². The summed E-state index contributed by atoms with van der Waals surface area (Å²) in [4.78, 5) is 17.0. The number of anilines is 1. The summed E-state index contributed by atoms with van der Waals surface area (Å²) in [6.45, 7) is 7.24. The van der Waals surface area contributed by atoms with Gasteiger partial charge in [-0.2, -0.15) is 0 Å². The van der Waals surface area contributed by atoms with Crippen molar-refractivity contribution in [1.82, 2.24) is 4.90 Å². The number of aliphatic hydroxyl groups is 1. The number of rotatable bonds is 3. The summed E-state index contributed by atoms with van der Waals surface area (Å²) in [5.41, 5.74) is 5.17. The van der Waals surface area contributed by atoms with E-state index in [1.54, 1.807) is 12.1 Å². The maximum Gasteiger partial charge on any atom is 0.254 e. The van der Waals surface area contributed by atoms with Gasteiger partial charge in [0.05, 0.1) is 6.61 Å². The van der Waals surface area contributed by atoms with E-state index >= 15 is 0 Å². The van der Waals surface area contributed by atoms with Crippen molar-refractivity contribution in [2.45, 2.75) is 20.5 Å². The molecule has 1 aliphatic heterocycles. The minimum Gasteiger partial charge on any atom is -0.392 e. The zero-order chi connectivity index (χ0) is 17.1. The van der Waals surface area contributed by atoms with Crippen molar-refractivity contribution in [3.05, 3.63) is 64.7 Å². The second-order valence-electron chi connectivity index (χ2n) is 6.31. The zero-order valence-corrected chi connectivity index (χ0v) is 14.3. The monoisotopic (exact) mass is 324 g/mol. The molecule has 4 heteroatoms. The summed E-state index contributed by atoms with van der Waals surface area (Å²) < 4.78 is 0. The molecule has 2 aromatic rings. The fourth-order valence-electron chi connectivity index (χ4n) is 3.27. The molecule has 1 heterocycles. The molecule has 0 saturated carbocycles. The van der Waals surface area contributed by atoms with Crippen molar-refractivity contribution < 1.29 is 9.90 Å². The lowest BCUT2D eigenvalue weighted by Crippen LogP contribution is -2.49. The molecule has 0 aliphatic carbocycles. The molecule has 1 N–H and O–H groups in total. The van der Waals surface area contributed by atoms with Crippen LogP contribution in [-0.4, -0.2) is 42.1 Å². The van der Waals surface area contributed by atoms with Gasteiger partial charge in [0.15, 0.2) is 0 Å². The Hall–Kier alpha value is -2.33. The first-order chi connectivity index (χ1) is 11.6. The summed E-state index contributed by atoms with van der Waals surface area (Å²) >= 11 is 0. The van der Waals surface area contributed by atoms with E-state index in [4.69, 9.17) is 0 Å². The number of carbonyl (C=O) groups is 1. The lowest BCUT2D eigenvalue weighted by molar-refractivity contribution is 0.0743. The number of hydrogen-bond acceptors (Lipinski definition) is 3. The van der Waals surface area contributed by atoms with Crippen LogP contribution >= 0.6 is 0 Å². The Morgan fingerprint density at radius 3 is 2.42 bits per heavy atom. The molecule has 0 radical (unpaired) electrons. The molecule has 0 unspecified atom stereocenters. The van der Waals surface area contributed by atoms with Crippen molar-refractivity contribution >= 4 is 11.6 Å². The third-order valence-electron chi connectivity index (χ3n) is 4.90. The first-order valence-corrected chi connectivity index (χ1v) is 8.41. The molecule has 1 aliphatic rings. The molecule has 0 spiro atoms. The highest BCUT2D eigenvalue weighted by atomic mass is 16.3. The second kappa shape index (κ2) is 7.05. The van der Waals surface area contributed by atoms with Gasteiger partial charge in [-0.25, -0.2) is 0 Å². The molecule has 3 rings (SSSR count). The SMILES string of the molecule is Cc1cccc(N2CCN(C(=O)c3ccccc3CO)CC2)c1C. The number of carbonyl (C=O) groups excluding carboxylic acids is 1. The number of nitrogens with zero attached hydrogens (tertiary/aromatic N) is 2. The number of aryl methyl sites for hydroxylation is 1. The van der Waals surface area contributed by atoms with Crippen LogP contribution in [0.15, 0.2) is 42.5 Å². The van der Waals surface area contributed by atoms with E-state index in [-0.39, 0.29) is 12.5 Å².